The van der Waals surface area contributed by atoms with Crippen molar-refractivity contribution in [3.05, 3.63) is 30.1 Å². The molecule has 1 aromatic carbocycles. The molecule has 0 radical (unpaired) electrons. The summed E-state index contributed by atoms with van der Waals surface area (Å²) in [4.78, 5) is 37.0. The number of amides is 1. The number of nitriles is 1. The van der Waals surface area contributed by atoms with Crippen LogP contribution in [-0.4, -0.2) is 36.5 Å². The number of carbonyl (C=O) groups excluding carboxylic acids is 3. The largest absolute Gasteiger partial charge is 0.457 e. The van der Waals surface area contributed by atoms with Crippen LogP contribution < -0.4 is 4.90 Å². The number of para-hydroxylation sites is 1. The highest BCUT2D eigenvalue weighted by atomic mass is 19.1. The number of carbonyl (C=O) groups is 3. The first-order chi connectivity index (χ1) is 11.8. The molecule has 1 amide bonds. The van der Waals surface area contributed by atoms with Gasteiger partial charge in [-0.05, 0) is 19.1 Å². The number of hydrogen-bond donors (Lipinski definition) is 1. The number of Topliss-reactive ketones (excluding diaryl/α,β-unsaturated/α-hetero) is 1. The summed E-state index contributed by atoms with van der Waals surface area (Å²) in [7, 11) is 0. The van der Waals surface area contributed by atoms with E-state index in [1.165, 1.54) is 30.0 Å². The number of halogens is 1. The van der Waals surface area contributed by atoms with E-state index in [1.54, 1.807) is 12.1 Å². The molecule has 2 atom stereocenters. The van der Waals surface area contributed by atoms with Gasteiger partial charge in [0.2, 0.25) is 5.91 Å². The molecule has 1 saturated heterocycles. The van der Waals surface area contributed by atoms with Gasteiger partial charge in [-0.15, -0.1) is 0 Å². The molecule has 1 aliphatic heterocycles. The summed E-state index contributed by atoms with van der Waals surface area (Å²) in [6.45, 7) is 0.630. The number of nitrogens with zero attached hydrogens (tertiary/aromatic N) is 2. The molecule has 0 saturated carbocycles. The van der Waals surface area contributed by atoms with Crippen molar-refractivity contribution in [3.63, 3.8) is 0 Å². The van der Waals surface area contributed by atoms with Crippen LogP contribution in [0.2, 0.25) is 0 Å². The number of benzene rings is 1. The lowest BCUT2D eigenvalue weighted by Crippen LogP contribution is -2.29. The van der Waals surface area contributed by atoms with E-state index in [2.05, 4.69) is 0 Å². The van der Waals surface area contributed by atoms with Gasteiger partial charge in [-0.3, -0.25) is 14.4 Å². The van der Waals surface area contributed by atoms with Gasteiger partial charge >= 0.3 is 5.97 Å². The van der Waals surface area contributed by atoms with Crippen molar-refractivity contribution in [3.8, 4) is 6.07 Å². The molecule has 1 fully saturated rings. The fraction of sp³-hybridized carbons (Fsp3) is 0.353. The molecule has 1 N–H and O–H groups in total. The van der Waals surface area contributed by atoms with Crippen LogP contribution in [0.5, 0.6) is 0 Å². The predicted molar refractivity (Wildman–Crippen MR) is 85.3 cm³/mol. The van der Waals surface area contributed by atoms with E-state index >= 15 is 0 Å². The average Bonchev–Trinajstić information content (AvgIpc) is 2.95. The minimum absolute atomic E-state index is 0.0436. The van der Waals surface area contributed by atoms with Crippen molar-refractivity contribution < 1.29 is 23.5 Å². The van der Waals surface area contributed by atoms with E-state index < -0.39 is 41.9 Å². The summed E-state index contributed by atoms with van der Waals surface area (Å²) in [5.74, 6) is -4.52. The van der Waals surface area contributed by atoms with Crippen molar-refractivity contribution in [1.82, 2.24) is 0 Å². The van der Waals surface area contributed by atoms with Gasteiger partial charge in [-0.25, -0.2) is 4.39 Å². The topological polar surface area (TPSA) is 111 Å². The van der Waals surface area contributed by atoms with Crippen LogP contribution in [0.25, 0.3) is 0 Å². The lowest BCUT2D eigenvalue weighted by Gasteiger charge is -2.17. The summed E-state index contributed by atoms with van der Waals surface area (Å²) in [6.07, 6.45) is -0.146. The smallest absolute Gasteiger partial charge is 0.311 e. The zero-order valence-corrected chi connectivity index (χ0v) is 13.5. The number of anilines is 1. The number of nitrogens with one attached hydrogen (secondary N) is 1. The maximum absolute atomic E-state index is 13.8. The van der Waals surface area contributed by atoms with Gasteiger partial charge in [0.05, 0.1) is 17.7 Å². The number of ether oxygens (including phenoxy) is 1. The third-order valence-corrected chi connectivity index (χ3v) is 3.84. The maximum atomic E-state index is 13.8. The highest BCUT2D eigenvalue weighted by Crippen LogP contribution is 2.27. The first-order valence-electron chi connectivity index (χ1n) is 7.54. The molecule has 8 heteroatoms. The van der Waals surface area contributed by atoms with E-state index in [4.69, 9.17) is 15.4 Å². The number of hydrogen-bond acceptors (Lipinski definition) is 6. The minimum Gasteiger partial charge on any atom is -0.457 e. The molecule has 25 heavy (non-hydrogen) atoms. The van der Waals surface area contributed by atoms with Crippen LogP contribution >= 0.6 is 0 Å². The van der Waals surface area contributed by atoms with Crippen LogP contribution in [0.1, 0.15) is 13.3 Å². The van der Waals surface area contributed by atoms with Crippen molar-refractivity contribution >= 4 is 29.1 Å². The fourth-order valence-corrected chi connectivity index (χ4v) is 2.52. The first-order valence-corrected chi connectivity index (χ1v) is 7.54. The lowest BCUT2D eigenvalue weighted by atomic mass is 10.0. The summed E-state index contributed by atoms with van der Waals surface area (Å²) < 4.78 is 18.7. The van der Waals surface area contributed by atoms with Crippen molar-refractivity contribution in [2.45, 2.75) is 13.3 Å². The van der Waals surface area contributed by atoms with Crippen LogP contribution in [0, 0.1) is 34.4 Å². The number of rotatable bonds is 6. The van der Waals surface area contributed by atoms with Gasteiger partial charge in [0.25, 0.3) is 0 Å². The summed E-state index contributed by atoms with van der Waals surface area (Å²) in [5, 5.41) is 16.2. The molecular formula is C17H16FN3O4. The van der Waals surface area contributed by atoms with Crippen LogP contribution in [-0.2, 0) is 19.1 Å². The molecule has 0 aromatic heterocycles. The molecule has 0 bridgehead atoms. The zero-order valence-electron chi connectivity index (χ0n) is 13.5. The van der Waals surface area contributed by atoms with Gasteiger partial charge in [0, 0.05) is 18.7 Å². The highest BCUT2D eigenvalue weighted by Gasteiger charge is 2.37. The first kappa shape index (κ1) is 18.3. The van der Waals surface area contributed by atoms with Crippen LogP contribution in [0.3, 0.4) is 0 Å². The Bertz CT molecular complexity index is 771. The average molecular weight is 345 g/mol. The molecule has 0 spiro atoms. The van der Waals surface area contributed by atoms with Crippen molar-refractivity contribution in [2.75, 3.05) is 18.1 Å². The number of ketones is 1. The Hall–Kier alpha value is -3.08. The molecule has 0 aliphatic carbocycles. The van der Waals surface area contributed by atoms with Gasteiger partial charge in [0.15, 0.2) is 12.4 Å². The van der Waals surface area contributed by atoms with E-state index in [0.29, 0.717) is 0 Å². The maximum Gasteiger partial charge on any atom is 0.311 e. The Balaban J connectivity index is 1.97. The normalized spacial score (nSPS) is 17.7. The molecule has 1 aliphatic rings. The fourth-order valence-electron chi connectivity index (χ4n) is 2.52. The summed E-state index contributed by atoms with van der Waals surface area (Å²) in [5.41, 5.74) is -0.0480. The molecule has 130 valence electrons. The SMILES string of the molecule is CC(=N)C(C#N)C(=O)COC(=O)[C@@H]1CC(=O)N(c2ccccc2F)C1. The Morgan fingerprint density at radius 2 is 2.16 bits per heavy atom. The molecular weight excluding hydrogens is 329 g/mol. The zero-order chi connectivity index (χ0) is 18.6. The minimum atomic E-state index is -1.26. The van der Waals surface area contributed by atoms with Crippen LogP contribution in [0.4, 0.5) is 10.1 Å². The molecule has 1 unspecified atom stereocenters. The second-order valence-electron chi connectivity index (χ2n) is 5.68. The molecule has 1 heterocycles. The van der Waals surface area contributed by atoms with Gasteiger partial charge < -0.3 is 15.0 Å². The van der Waals surface area contributed by atoms with Crippen LogP contribution in [0.15, 0.2) is 24.3 Å². The number of esters is 1. The van der Waals surface area contributed by atoms with Gasteiger partial charge in [-0.1, -0.05) is 12.1 Å². The standard InChI is InChI=1S/C17H16FN3O4/c1-10(20)12(7-19)15(22)9-25-17(24)11-6-16(23)21(8-11)14-5-3-2-4-13(14)18/h2-5,11-12,20H,6,8-9H2,1H3/t11-,12?/m1/s1. The highest BCUT2D eigenvalue weighted by molar-refractivity contribution is 6.06. The van der Waals surface area contributed by atoms with E-state index in [-0.39, 0.29) is 24.4 Å². The van der Waals surface area contributed by atoms with Gasteiger partial charge in [-0.2, -0.15) is 5.26 Å². The third kappa shape index (κ3) is 4.07. The quantitative estimate of drug-likeness (QED) is 0.620. The molecule has 2 rings (SSSR count). The van der Waals surface area contributed by atoms with Gasteiger partial charge in [0.1, 0.15) is 11.7 Å². The Kier molecular flexibility index (Phi) is 5.60. The van der Waals surface area contributed by atoms with Crippen molar-refractivity contribution in [2.24, 2.45) is 11.8 Å². The second kappa shape index (κ2) is 7.66. The third-order valence-electron chi connectivity index (χ3n) is 3.84. The predicted octanol–water partition coefficient (Wildman–Crippen LogP) is 1.47. The molecule has 7 nitrogen and oxygen atoms in total. The lowest BCUT2D eigenvalue weighted by molar-refractivity contribution is -0.152. The van der Waals surface area contributed by atoms with E-state index in [1.807, 2.05) is 0 Å². The second-order valence-corrected chi connectivity index (χ2v) is 5.68. The summed E-state index contributed by atoms with van der Waals surface area (Å²) >= 11 is 0. The molecule has 1 aromatic rings. The Morgan fingerprint density at radius 3 is 2.76 bits per heavy atom. The van der Waals surface area contributed by atoms with E-state index in [9.17, 15) is 18.8 Å². The van der Waals surface area contributed by atoms with Crippen molar-refractivity contribution in [1.29, 1.82) is 10.7 Å². The Labute approximate surface area is 143 Å². The summed E-state index contributed by atoms with van der Waals surface area (Å²) in [6, 6.07) is 7.40. The van der Waals surface area contributed by atoms with E-state index in [0.717, 1.165) is 0 Å². The Morgan fingerprint density at radius 1 is 1.48 bits per heavy atom. The monoisotopic (exact) mass is 345 g/mol.